The largest absolute Gasteiger partial charge is 0.491 e. The van der Waals surface area contributed by atoms with Crippen LogP contribution in [-0.4, -0.2) is 82.4 Å². The van der Waals surface area contributed by atoms with Gasteiger partial charge in [0.1, 0.15) is 0 Å². The zero-order valence-electron chi connectivity index (χ0n) is 27.5. The molecule has 0 spiro atoms. The predicted molar refractivity (Wildman–Crippen MR) is 193 cm³/mol. The highest BCUT2D eigenvalue weighted by atomic mass is 32.1. The number of halogens is 1. The van der Waals surface area contributed by atoms with E-state index in [2.05, 4.69) is 69.0 Å². The second-order valence-corrected chi connectivity index (χ2v) is 14.5. The molecule has 0 saturated carbocycles. The fourth-order valence-corrected chi connectivity index (χ4v) is 7.91. The van der Waals surface area contributed by atoms with Crippen molar-refractivity contribution < 1.29 is 9.13 Å². The third kappa shape index (κ3) is 7.29. The molecule has 48 heavy (non-hydrogen) atoms. The Morgan fingerprint density at radius 3 is 2.75 bits per heavy atom. The number of aryl methyl sites for hydroxylation is 1. The maximum Gasteiger partial charge on any atom is 0.191 e. The summed E-state index contributed by atoms with van der Waals surface area (Å²) >= 11 is 3.27. The smallest absolute Gasteiger partial charge is 0.191 e. The van der Waals surface area contributed by atoms with Crippen LogP contribution in [0.1, 0.15) is 41.3 Å². The van der Waals surface area contributed by atoms with Crippen molar-refractivity contribution in [3.05, 3.63) is 76.0 Å². The lowest BCUT2D eigenvalue weighted by Crippen LogP contribution is -2.47. The van der Waals surface area contributed by atoms with Gasteiger partial charge in [-0.05, 0) is 76.9 Å². The van der Waals surface area contributed by atoms with Crippen molar-refractivity contribution in [2.24, 2.45) is 0 Å². The Morgan fingerprint density at radius 2 is 1.92 bits per heavy atom. The van der Waals surface area contributed by atoms with Crippen LogP contribution in [-0.2, 0) is 12.8 Å². The molecule has 9 nitrogen and oxygen atoms in total. The SMILES string of the molecule is Cc1c(Nc2nc3ccccc3s2)nnc2c1CCCN2c1ncc(CCCOc2ccc(C#CC(C)N3CCN(C)CC3)cc2F)s1. The van der Waals surface area contributed by atoms with Gasteiger partial charge in [-0.3, -0.25) is 4.90 Å². The molecule has 1 saturated heterocycles. The molecule has 1 fully saturated rings. The molecule has 2 aromatic carbocycles. The first-order valence-corrected chi connectivity index (χ1v) is 18.1. The van der Waals surface area contributed by atoms with Gasteiger partial charge in [0.15, 0.2) is 33.5 Å². The minimum Gasteiger partial charge on any atom is -0.491 e. The van der Waals surface area contributed by atoms with E-state index in [0.717, 1.165) is 101 Å². The monoisotopic (exact) mass is 682 g/mol. The molecule has 2 aliphatic heterocycles. The Balaban J connectivity index is 0.925. The minimum atomic E-state index is -0.382. The lowest BCUT2D eigenvalue weighted by Gasteiger charge is -2.34. The molecular formula is C36H39FN8OS2. The van der Waals surface area contributed by atoms with Crippen LogP contribution in [0.2, 0.25) is 0 Å². The minimum absolute atomic E-state index is 0.137. The average Bonchev–Trinajstić information content (AvgIpc) is 3.74. The van der Waals surface area contributed by atoms with Crippen molar-refractivity contribution in [2.75, 3.05) is 56.6 Å². The fraction of sp³-hybridized carbons (Fsp3) is 0.389. The van der Waals surface area contributed by atoms with Crippen LogP contribution in [0.3, 0.4) is 0 Å². The molecule has 2 aliphatic rings. The molecule has 3 aromatic heterocycles. The predicted octanol–water partition coefficient (Wildman–Crippen LogP) is 6.82. The van der Waals surface area contributed by atoms with Crippen LogP contribution in [0.25, 0.3) is 10.2 Å². The number of hydrogen-bond acceptors (Lipinski definition) is 11. The van der Waals surface area contributed by atoms with Gasteiger partial charge < -0.3 is 19.9 Å². The summed E-state index contributed by atoms with van der Waals surface area (Å²) in [5, 5.41) is 14.3. The Labute approximate surface area is 288 Å². The second kappa shape index (κ2) is 14.5. The molecule has 1 atom stereocenters. The molecule has 1 unspecified atom stereocenters. The van der Waals surface area contributed by atoms with Gasteiger partial charge in [-0.25, -0.2) is 14.4 Å². The van der Waals surface area contributed by atoms with E-state index in [0.29, 0.717) is 12.2 Å². The normalized spacial score (nSPS) is 16.0. The number of nitrogens with one attached hydrogen (secondary N) is 1. The van der Waals surface area contributed by atoms with E-state index in [1.54, 1.807) is 28.7 Å². The number of rotatable bonds is 9. The van der Waals surface area contributed by atoms with Crippen LogP contribution in [0.4, 0.5) is 26.3 Å². The van der Waals surface area contributed by atoms with Gasteiger partial charge in [0.05, 0.1) is 22.9 Å². The number of piperazine rings is 1. The molecule has 5 aromatic rings. The quantitative estimate of drug-likeness (QED) is 0.133. The molecule has 1 N–H and O–H groups in total. The summed E-state index contributed by atoms with van der Waals surface area (Å²) in [7, 11) is 2.14. The maximum absolute atomic E-state index is 14.8. The van der Waals surface area contributed by atoms with Crippen LogP contribution in [0.15, 0.2) is 48.7 Å². The van der Waals surface area contributed by atoms with Crippen molar-refractivity contribution in [3.8, 4) is 17.6 Å². The molecule has 0 bridgehead atoms. The summed E-state index contributed by atoms with van der Waals surface area (Å²) in [4.78, 5) is 17.5. The number of benzene rings is 2. The van der Waals surface area contributed by atoms with Gasteiger partial charge >= 0.3 is 0 Å². The topological polar surface area (TPSA) is 82.5 Å². The van der Waals surface area contributed by atoms with Gasteiger partial charge in [0.2, 0.25) is 0 Å². The van der Waals surface area contributed by atoms with Crippen LogP contribution in [0, 0.1) is 24.6 Å². The Kier molecular flexibility index (Phi) is 9.81. The number of likely N-dealkylation sites (N-methyl/N-ethyl adjacent to an activating group) is 1. The number of nitrogens with zero attached hydrogens (tertiary/aromatic N) is 7. The summed E-state index contributed by atoms with van der Waals surface area (Å²) < 4.78 is 21.8. The van der Waals surface area contributed by atoms with Gasteiger partial charge in [-0.15, -0.1) is 21.5 Å². The number of aromatic nitrogens is 4. The average molecular weight is 683 g/mol. The molecular weight excluding hydrogens is 644 g/mol. The Morgan fingerprint density at radius 1 is 1.06 bits per heavy atom. The van der Waals surface area contributed by atoms with Crippen LogP contribution in [0.5, 0.6) is 5.75 Å². The number of thiazole rings is 2. The summed E-state index contributed by atoms with van der Waals surface area (Å²) in [6, 6.07) is 13.2. The lowest BCUT2D eigenvalue weighted by atomic mass is 10.0. The summed E-state index contributed by atoms with van der Waals surface area (Å²) in [6.45, 7) is 9.56. The number of hydrogen-bond donors (Lipinski definition) is 1. The van der Waals surface area contributed by atoms with E-state index in [-0.39, 0.29) is 17.6 Å². The molecule has 0 radical (unpaired) electrons. The molecule has 12 heteroatoms. The number of para-hydroxylation sites is 1. The van der Waals surface area contributed by atoms with E-state index >= 15 is 0 Å². The summed E-state index contributed by atoms with van der Waals surface area (Å²) in [5.41, 5.74) is 3.91. The highest BCUT2D eigenvalue weighted by Gasteiger charge is 2.26. The van der Waals surface area contributed by atoms with E-state index in [9.17, 15) is 4.39 Å². The molecule has 0 aliphatic carbocycles. The molecule has 248 valence electrons. The fourth-order valence-electron chi connectivity index (χ4n) is 6.06. The van der Waals surface area contributed by atoms with Crippen molar-refractivity contribution in [2.45, 2.75) is 45.6 Å². The highest BCUT2D eigenvalue weighted by molar-refractivity contribution is 7.22. The van der Waals surface area contributed by atoms with Gasteiger partial charge in [-0.2, -0.15) is 0 Å². The summed E-state index contributed by atoms with van der Waals surface area (Å²) in [6.07, 6.45) is 5.42. The number of ether oxygens (including phenoxy) is 1. The highest BCUT2D eigenvalue weighted by Crippen LogP contribution is 2.38. The zero-order chi connectivity index (χ0) is 33.0. The van der Waals surface area contributed by atoms with Crippen molar-refractivity contribution in [1.29, 1.82) is 0 Å². The third-order valence-electron chi connectivity index (χ3n) is 8.95. The van der Waals surface area contributed by atoms with E-state index in [1.807, 2.05) is 30.5 Å². The van der Waals surface area contributed by atoms with Crippen LogP contribution >= 0.6 is 22.7 Å². The molecule has 0 amide bonds. The first kappa shape index (κ1) is 32.4. The van der Waals surface area contributed by atoms with E-state index in [1.165, 1.54) is 11.6 Å². The van der Waals surface area contributed by atoms with E-state index < -0.39 is 0 Å². The van der Waals surface area contributed by atoms with Crippen molar-refractivity contribution in [3.63, 3.8) is 0 Å². The third-order valence-corrected chi connectivity index (χ3v) is 11.0. The van der Waals surface area contributed by atoms with Gasteiger partial charge in [0, 0.05) is 60.5 Å². The molecule has 7 rings (SSSR count). The standard InChI is InChI=1S/C36H39FN8OS2/c1-24(44-19-17-43(3)18-20-44)12-13-26-14-15-31(29(37)22-26)46-21-7-8-27-23-38-36(47-27)45-16-6-9-28-25(2)33(41-42-34(28)45)40-35-39-30-10-4-5-11-32(30)48-35/h4-5,10-11,14-15,22-24H,6-9,16-21H2,1-3H3,(H,39,40,41). The lowest BCUT2D eigenvalue weighted by molar-refractivity contribution is 0.139. The zero-order valence-corrected chi connectivity index (χ0v) is 29.1. The Hall–Kier alpha value is -4.15. The number of anilines is 4. The second-order valence-electron chi connectivity index (χ2n) is 12.3. The molecule has 5 heterocycles. The van der Waals surface area contributed by atoms with Gasteiger partial charge in [-0.1, -0.05) is 35.3 Å². The first-order chi connectivity index (χ1) is 23.4. The van der Waals surface area contributed by atoms with E-state index in [4.69, 9.17) is 14.7 Å². The van der Waals surface area contributed by atoms with Crippen LogP contribution < -0.4 is 15.0 Å². The number of fused-ring (bicyclic) bond motifs is 2. The van der Waals surface area contributed by atoms with Crippen molar-refractivity contribution in [1.82, 2.24) is 30.0 Å². The first-order valence-electron chi connectivity index (χ1n) is 16.5. The Bertz CT molecular complexity index is 1930. The van der Waals surface area contributed by atoms with Gasteiger partial charge in [0.25, 0.3) is 0 Å². The summed E-state index contributed by atoms with van der Waals surface area (Å²) in [5.74, 6) is 7.91. The maximum atomic E-state index is 14.8. The van der Waals surface area contributed by atoms with Crippen molar-refractivity contribution >= 4 is 54.8 Å².